The topological polar surface area (TPSA) is 16.4 Å². The molecule has 2 aliphatic carbocycles. The molecule has 2 heteroatoms. The summed E-state index contributed by atoms with van der Waals surface area (Å²) in [7, 11) is 0. The van der Waals surface area contributed by atoms with E-state index in [0.29, 0.717) is 0 Å². The molecule has 1 aromatic heterocycles. The first-order chi connectivity index (χ1) is 34.2. The number of hydrogen-bond donors (Lipinski definition) is 0. The van der Waals surface area contributed by atoms with Crippen LogP contribution in [-0.4, -0.2) is 0 Å². The average molecular weight is 876 g/mol. The van der Waals surface area contributed by atoms with E-state index < -0.39 is 5.41 Å². The molecule has 13 aromatic rings. The van der Waals surface area contributed by atoms with E-state index in [1.54, 1.807) is 0 Å². The number of nitrogens with zero attached hydrogens (tertiary/aromatic N) is 1. The van der Waals surface area contributed by atoms with Crippen molar-refractivity contribution in [2.45, 2.75) is 5.41 Å². The number of fused-ring (bicyclic) bond motifs is 19. The van der Waals surface area contributed by atoms with Crippen molar-refractivity contribution in [2.75, 3.05) is 4.90 Å². The van der Waals surface area contributed by atoms with Crippen LogP contribution in [0.1, 0.15) is 22.3 Å². The molecule has 0 unspecified atom stereocenters. The minimum absolute atomic E-state index is 0.453. The summed E-state index contributed by atoms with van der Waals surface area (Å²) in [6.45, 7) is 0. The molecule has 1 spiro atoms. The first-order valence-electron chi connectivity index (χ1n) is 23.9. The van der Waals surface area contributed by atoms with Gasteiger partial charge in [0.25, 0.3) is 0 Å². The predicted molar refractivity (Wildman–Crippen MR) is 288 cm³/mol. The Hall–Kier alpha value is -8.98. The fourth-order valence-corrected chi connectivity index (χ4v) is 12.4. The van der Waals surface area contributed by atoms with Gasteiger partial charge in [0, 0.05) is 27.8 Å². The average Bonchev–Trinajstić information content (AvgIpc) is 4.06. The number of para-hydroxylation sites is 1. The molecule has 0 fully saturated rings. The van der Waals surface area contributed by atoms with E-state index in [9.17, 15) is 0 Å². The van der Waals surface area contributed by atoms with Gasteiger partial charge in [-0.15, -0.1) is 0 Å². The molecule has 15 rings (SSSR count). The van der Waals surface area contributed by atoms with Crippen molar-refractivity contribution in [1.82, 2.24) is 0 Å². The molecule has 0 saturated heterocycles. The van der Waals surface area contributed by atoms with Gasteiger partial charge in [0.05, 0.1) is 5.41 Å². The van der Waals surface area contributed by atoms with E-state index in [-0.39, 0.29) is 0 Å². The minimum Gasteiger partial charge on any atom is -0.456 e. The maximum Gasteiger partial charge on any atom is 0.136 e. The summed E-state index contributed by atoms with van der Waals surface area (Å²) in [6.07, 6.45) is 0. The van der Waals surface area contributed by atoms with Crippen LogP contribution < -0.4 is 4.90 Å². The lowest BCUT2D eigenvalue weighted by Gasteiger charge is -2.32. The first-order valence-corrected chi connectivity index (χ1v) is 23.9. The van der Waals surface area contributed by atoms with Crippen molar-refractivity contribution < 1.29 is 4.42 Å². The third kappa shape index (κ3) is 5.37. The largest absolute Gasteiger partial charge is 0.456 e. The van der Waals surface area contributed by atoms with Crippen LogP contribution in [0.3, 0.4) is 0 Å². The Morgan fingerprint density at radius 2 is 0.681 bits per heavy atom. The van der Waals surface area contributed by atoms with Crippen LogP contribution in [0.5, 0.6) is 0 Å². The van der Waals surface area contributed by atoms with Crippen molar-refractivity contribution in [3.63, 3.8) is 0 Å². The maximum atomic E-state index is 6.24. The number of benzene rings is 12. The Bertz CT molecular complexity index is 4150. The molecular formula is C67H41NO. The summed E-state index contributed by atoms with van der Waals surface area (Å²) in [5, 5.41) is 9.87. The van der Waals surface area contributed by atoms with Gasteiger partial charge in [-0.2, -0.15) is 0 Å². The zero-order valence-corrected chi connectivity index (χ0v) is 37.5. The quantitative estimate of drug-likeness (QED) is 0.160. The summed E-state index contributed by atoms with van der Waals surface area (Å²) < 4.78 is 6.24. The molecular weight excluding hydrogens is 835 g/mol. The van der Waals surface area contributed by atoms with Crippen LogP contribution in [-0.2, 0) is 5.41 Å². The Morgan fingerprint density at radius 1 is 0.261 bits per heavy atom. The van der Waals surface area contributed by atoms with Crippen LogP contribution in [0, 0.1) is 0 Å². The molecule has 0 amide bonds. The first kappa shape index (κ1) is 38.2. The summed E-state index contributed by atoms with van der Waals surface area (Å²) >= 11 is 0. The minimum atomic E-state index is -0.453. The van der Waals surface area contributed by atoms with E-state index >= 15 is 0 Å². The Kier molecular flexibility index (Phi) is 8.02. The highest BCUT2D eigenvalue weighted by Crippen LogP contribution is 2.63. The van der Waals surface area contributed by atoms with Gasteiger partial charge >= 0.3 is 0 Å². The number of hydrogen-bond acceptors (Lipinski definition) is 2. The van der Waals surface area contributed by atoms with E-state index in [4.69, 9.17) is 4.42 Å². The van der Waals surface area contributed by atoms with Crippen LogP contribution in [0.2, 0.25) is 0 Å². The molecule has 2 aliphatic rings. The third-order valence-corrected chi connectivity index (χ3v) is 15.3. The molecule has 0 saturated carbocycles. The van der Waals surface area contributed by atoms with Crippen LogP contribution in [0.4, 0.5) is 17.1 Å². The molecule has 0 aliphatic heterocycles. The van der Waals surface area contributed by atoms with Gasteiger partial charge in [0.1, 0.15) is 11.2 Å². The van der Waals surface area contributed by atoms with E-state index in [1.807, 2.05) is 12.1 Å². The lowest BCUT2D eigenvalue weighted by molar-refractivity contribution is 0.669. The second-order valence-corrected chi connectivity index (χ2v) is 18.7. The lowest BCUT2D eigenvalue weighted by atomic mass is 9.70. The lowest BCUT2D eigenvalue weighted by Crippen LogP contribution is -2.26. The molecule has 1 heterocycles. The van der Waals surface area contributed by atoms with Crippen molar-refractivity contribution in [3.8, 4) is 44.5 Å². The Balaban J connectivity index is 0.907. The highest BCUT2D eigenvalue weighted by molar-refractivity contribution is 6.26. The number of anilines is 3. The summed E-state index contributed by atoms with van der Waals surface area (Å²) in [6, 6.07) is 91.9. The molecule has 2 nitrogen and oxygen atoms in total. The molecule has 0 bridgehead atoms. The molecule has 0 atom stereocenters. The summed E-state index contributed by atoms with van der Waals surface area (Å²) in [5.74, 6) is 0. The van der Waals surface area contributed by atoms with Gasteiger partial charge in [-0.05, 0) is 148 Å². The second kappa shape index (κ2) is 14.5. The Morgan fingerprint density at radius 3 is 1.30 bits per heavy atom. The maximum absolute atomic E-state index is 6.24. The molecule has 69 heavy (non-hydrogen) atoms. The van der Waals surface area contributed by atoms with Crippen LogP contribution >= 0.6 is 0 Å². The smallest absolute Gasteiger partial charge is 0.136 e. The zero-order chi connectivity index (χ0) is 45.2. The monoisotopic (exact) mass is 875 g/mol. The zero-order valence-electron chi connectivity index (χ0n) is 37.5. The number of rotatable bonds is 5. The SMILES string of the molecule is c1ccc2c(c1)-c1ccccc1C21c2ccccc2-c2ccc(N(c3ccc(-c4ccc(-c5cccc6oc7ccccc7c56)cc4)cc3)c3ccc4c5ccccc5c5ccccc5c4c3)cc21. The standard InChI is InChI=1S/C67H41NO/c1-2-16-51-49(14-1)50-15-3-4-17-52(50)59-40-46(36-38-53(51)59)68(45-34-32-43(33-35-45)42-28-30-44(31-29-42)48-22-13-27-65-66(48)58-21-8-12-26-64(58)69-65)47-37-39-57-56-20-7-11-25-62(56)67(63(57)41-47)60-23-9-5-18-54(60)55-19-6-10-24-61(55)67/h1-41H. The summed E-state index contributed by atoms with van der Waals surface area (Å²) in [4.78, 5) is 2.47. The predicted octanol–water partition coefficient (Wildman–Crippen LogP) is 18.2. The van der Waals surface area contributed by atoms with Crippen LogP contribution in [0.25, 0.3) is 98.8 Å². The Labute approximate surface area is 399 Å². The van der Waals surface area contributed by atoms with Gasteiger partial charge in [-0.25, -0.2) is 0 Å². The van der Waals surface area contributed by atoms with E-state index in [2.05, 4.69) is 241 Å². The van der Waals surface area contributed by atoms with E-state index in [0.717, 1.165) is 44.6 Å². The highest BCUT2D eigenvalue weighted by Gasteiger charge is 2.51. The van der Waals surface area contributed by atoms with Crippen molar-refractivity contribution in [1.29, 1.82) is 0 Å². The van der Waals surface area contributed by atoms with Gasteiger partial charge in [-0.1, -0.05) is 200 Å². The normalized spacial score (nSPS) is 13.0. The fraction of sp³-hybridized carbons (Fsp3) is 0.0149. The molecule has 12 aromatic carbocycles. The molecule has 320 valence electrons. The number of furan rings is 1. The van der Waals surface area contributed by atoms with Gasteiger partial charge in [0.15, 0.2) is 0 Å². The van der Waals surface area contributed by atoms with Crippen LogP contribution in [0.15, 0.2) is 253 Å². The van der Waals surface area contributed by atoms with Gasteiger partial charge < -0.3 is 9.32 Å². The van der Waals surface area contributed by atoms with Crippen molar-refractivity contribution in [2.24, 2.45) is 0 Å². The molecule has 0 N–H and O–H groups in total. The van der Waals surface area contributed by atoms with E-state index in [1.165, 1.54) is 93.5 Å². The summed E-state index contributed by atoms with van der Waals surface area (Å²) in [5.41, 5.74) is 19.9. The third-order valence-electron chi connectivity index (χ3n) is 15.3. The van der Waals surface area contributed by atoms with Gasteiger partial charge in [-0.3, -0.25) is 0 Å². The van der Waals surface area contributed by atoms with Crippen molar-refractivity contribution >= 4 is 71.3 Å². The molecule has 0 radical (unpaired) electrons. The second-order valence-electron chi connectivity index (χ2n) is 18.7. The van der Waals surface area contributed by atoms with Gasteiger partial charge in [0.2, 0.25) is 0 Å². The van der Waals surface area contributed by atoms with Crippen molar-refractivity contribution in [3.05, 3.63) is 271 Å². The highest BCUT2D eigenvalue weighted by atomic mass is 16.3. The fourth-order valence-electron chi connectivity index (χ4n) is 12.4.